The highest BCUT2D eigenvalue weighted by atomic mass is 16.5. The van der Waals surface area contributed by atoms with Crippen LogP contribution in [0.2, 0.25) is 0 Å². The summed E-state index contributed by atoms with van der Waals surface area (Å²) in [5.41, 5.74) is 3.39. The molecular formula is C28H31NO4. The number of methoxy groups -OCH3 is 1. The SMILES string of the molecule is CCOc1cc([C@H]2CNC(=O)[C@@H](Cc3cccc(OCc4ccccc4)c3)C2)ccc1OC. The van der Waals surface area contributed by atoms with E-state index >= 15 is 0 Å². The van der Waals surface area contributed by atoms with E-state index in [-0.39, 0.29) is 17.7 Å². The van der Waals surface area contributed by atoms with E-state index < -0.39 is 0 Å². The first-order valence-corrected chi connectivity index (χ1v) is 11.5. The molecule has 3 aromatic carbocycles. The Hall–Kier alpha value is -3.47. The molecule has 0 saturated carbocycles. The fraction of sp³-hybridized carbons (Fsp3) is 0.321. The Balaban J connectivity index is 1.43. The molecule has 0 bridgehead atoms. The topological polar surface area (TPSA) is 56.8 Å². The lowest BCUT2D eigenvalue weighted by molar-refractivity contribution is -0.126. The molecule has 0 aromatic heterocycles. The Morgan fingerprint density at radius 1 is 0.909 bits per heavy atom. The van der Waals surface area contributed by atoms with E-state index in [9.17, 15) is 4.79 Å². The molecule has 0 unspecified atom stereocenters. The Kier molecular flexibility index (Phi) is 7.51. The van der Waals surface area contributed by atoms with Crippen LogP contribution in [-0.2, 0) is 17.8 Å². The molecule has 3 aromatic rings. The molecule has 5 nitrogen and oxygen atoms in total. The number of ether oxygens (including phenoxy) is 3. The molecule has 33 heavy (non-hydrogen) atoms. The van der Waals surface area contributed by atoms with Gasteiger partial charge in [0, 0.05) is 18.4 Å². The highest BCUT2D eigenvalue weighted by molar-refractivity contribution is 5.80. The maximum atomic E-state index is 12.7. The molecule has 0 aliphatic carbocycles. The summed E-state index contributed by atoms with van der Waals surface area (Å²) in [5.74, 6) is 2.54. The van der Waals surface area contributed by atoms with E-state index in [1.54, 1.807) is 7.11 Å². The van der Waals surface area contributed by atoms with Gasteiger partial charge in [-0.2, -0.15) is 0 Å². The minimum atomic E-state index is -0.0919. The number of rotatable bonds is 9. The van der Waals surface area contributed by atoms with Gasteiger partial charge in [-0.05, 0) is 60.7 Å². The van der Waals surface area contributed by atoms with Crippen molar-refractivity contribution in [2.45, 2.75) is 32.3 Å². The van der Waals surface area contributed by atoms with Gasteiger partial charge in [-0.3, -0.25) is 4.79 Å². The minimum Gasteiger partial charge on any atom is -0.493 e. The molecule has 1 heterocycles. The highest BCUT2D eigenvalue weighted by Gasteiger charge is 2.30. The van der Waals surface area contributed by atoms with Gasteiger partial charge < -0.3 is 19.5 Å². The summed E-state index contributed by atoms with van der Waals surface area (Å²) in [7, 11) is 1.64. The fourth-order valence-electron chi connectivity index (χ4n) is 4.34. The molecule has 1 aliphatic heterocycles. The molecule has 1 fully saturated rings. The van der Waals surface area contributed by atoms with Gasteiger partial charge in [-0.15, -0.1) is 0 Å². The van der Waals surface area contributed by atoms with Gasteiger partial charge in [0.25, 0.3) is 0 Å². The first-order chi connectivity index (χ1) is 16.2. The predicted octanol–water partition coefficient (Wildman–Crippen LogP) is 5.14. The lowest BCUT2D eigenvalue weighted by Gasteiger charge is -2.30. The maximum Gasteiger partial charge on any atom is 0.223 e. The third kappa shape index (κ3) is 5.86. The number of piperidine rings is 1. The third-order valence-electron chi connectivity index (χ3n) is 6.05. The van der Waals surface area contributed by atoms with E-state index in [0.29, 0.717) is 26.2 Å². The molecule has 0 radical (unpaired) electrons. The zero-order valence-corrected chi connectivity index (χ0v) is 19.3. The van der Waals surface area contributed by atoms with Gasteiger partial charge in [-0.25, -0.2) is 0 Å². The van der Waals surface area contributed by atoms with Crippen molar-refractivity contribution in [3.05, 3.63) is 89.5 Å². The normalized spacial score (nSPS) is 17.8. The van der Waals surface area contributed by atoms with Crippen LogP contribution in [0.4, 0.5) is 0 Å². The van der Waals surface area contributed by atoms with Gasteiger partial charge in [0.2, 0.25) is 5.91 Å². The zero-order valence-electron chi connectivity index (χ0n) is 19.3. The second-order valence-electron chi connectivity index (χ2n) is 8.34. The zero-order chi connectivity index (χ0) is 23.0. The molecule has 4 rings (SSSR count). The quantitative estimate of drug-likeness (QED) is 0.496. The van der Waals surface area contributed by atoms with Gasteiger partial charge in [-0.1, -0.05) is 48.5 Å². The van der Waals surface area contributed by atoms with Crippen LogP contribution in [0.1, 0.15) is 36.0 Å². The van der Waals surface area contributed by atoms with Gasteiger partial charge >= 0.3 is 0 Å². The van der Waals surface area contributed by atoms with E-state index in [2.05, 4.69) is 17.4 Å². The van der Waals surface area contributed by atoms with Gasteiger partial charge in [0.1, 0.15) is 12.4 Å². The summed E-state index contributed by atoms with van der Waals surface area (Å²) < 4.78 is 17.1. The van der Waals surface area contributed by atoms with Crippen LogP contribution in [-0.4, -0.2) is 26.2 Å². The fourth-order valence-corrected chi connectivity index (χ4v) is 4.34. The van der Waals surface area contributed by atoms with Crippen LogP contribution in [0.25, 0.3) is 0 Å². The van der Waals surface area contributed by atoms with Crippen molar-refractivity contribution in [2.75, 3.05) is 20.3 Å². The number of carbonyl (C=O) groups is 1. The lowest BCUT2D eigenvalue weighted by atomic mass is 9.82. The van der Waals surface area contributed by atoms with E-state index in [4.69, 9.17) is 14.2 Å². The molecular weight excluding hydrogens is 414 g/mol. The molecule has 1 aliphatic rings. The van der Waals surface area contributed by atoms with Crippen molar-refractivity contribution < 1.29 is 19.0 Å². The van der Waals surface area contributed by atoms with Crippen LogP contribution in [0.3, 0.4) is 0 Å². The molecule has 1 N–H and O–H groups in total. The average molecular weight is 446 g/mol. The summed E-state index contributed by atoms with van der Waals surface area (Å²) >= 11 is 0. The molecule has 0 spiro atoms. The predicted molar refractivity (Wildman–Crippen MR) is 129 cm³/mol. The molecule has 172 valence electrons. The lowest BCUT2D eigenvalue weighted by Crippen LogP contribution is -2.41. The monoisotopic (exact) mass is 445 g/mol. The van der Waals surface area contributed by atoms with Gasteiger partial charge in [0.05, 0.1) is 13.7 Å². The average Bonchev–Trinajstić information content (AvgIpc) is 2.85. The minimum absolute atomic E-state index is 0.0919. The van der Waals surface area contributed by atoms with E-state index in [1.165, 1.54) is 0 Å². The Morgan fingerprint density at radius 2 is 1.73 bits per heavy atom. The van der Waals surface area contributed by atoms with Crippen LogP contribution < -0.4 is 19.5 Å². The summed E-state index contributed by atoms with van der Waals surface area (Å²) in [4.78, 5) is 12.7. The number of amides is 1. The maximum absolute atomic E-state index is 12.7. The van der Waals surface area contributed by atoms with Crippen molar-refractivity contribution in [1.29, 1.82) is 0 Å². The Labute approximate surface area is 195 Å². The number of nitrogens with one attached hydrogen (secondary N) is 1. The standard InChI is InChI=1S/C28H31NO4/c1-3-32-27-17-22(12-13-26(27)31-2)24-16-23(28(30)29-18-24)14-21-10-7-11-25(15-21)33-19-20-8-5-4-6-9-20/h4-13,15,17,23-24H,3,14,16,18-19H2,1-2H3,(H,29,30)/t23-,24+/m0/s1. The number of benzene rings is 3. The second kappa shape index (κ2) is 10.9. The van der Waals surface area contributed by atoms with Crippen molar-refractivity contribution >= 4 is 5.91 Å². The molecule has 2 atom stereocenters. The summed E-state index contributed by atoms with van der Waals surface area (Å²) in [6.07, 6.45) is 1.47. The van der Waals surface area contributed by atoms with E-state index in [1.807, 2.05) is 67.6 Å². The Morgan fingerprint density at radius 3 is 2.52 bits per heavy atom. The van der Waals surface area contributed by atoms with Crippen molar-refractivity contribution in [1.82, 2.24) is 5.32 Å². The number of hydrogen-bond acceptors (Lipinski definition) is 4. The summed E-state index contributed by atoms with van der Waals surface area (Å²) in [6.45, 7) is 3.69. The highest BCUT2D eigenvalue weighted by Crippen LogP contribution is 2.35. The molecule has 1 amide bonds. The van der Waals surface area contributed by atoms with E-state index in [0.717, 1.165) is 40.4 Å². The van der Waals surface area contributed by atoms with Crippen molar-refractivity contribution in [3.8, 4) is 17.2 Å². The smallest absolute Gasteiger partial charge is 0.223 e. The Bertz CT molecular complexity index is 1070. The second-order valence-corrected chi connectivity index (χ2v) is 8.34. The van der Waals surface area contributed by atoms with Crippen LogP contribution in [0.15, 0.2) is 72.8 Å². The first kappa shape index (κ1) is 22.7. The molecule has 1 saturated heterocycles. The third-order valence-corrected chi connectivity index (χ3v) is 6.05. The molecule has 5 heteroatoms. The summed E-state index contributed by atoms with van der Waals surface area (Å²) in [5, 5.41) is 3.10. The number of carbonyl (C=O) groups excluding carboxylic acids is 1. The van der Waals surface area contributed by atoms with Crippen molar-refractivity contribution in [2.24, 2.45) is 5.92 Å². The van der Waals surface area contributed by atoms with Crippen LogP contribution in [0.5, 0.6) is 17.2 Å². The largest absolute Gasteiger partial charge is 0.493 e. The summed E-state index contributed by atoms with van der Waals surface area (Å²) in [6, 6.07) is 24.2. The van der Waals surface area contributed by atoms with Crippen molar-refractivity contribution in [3.63, 3.8) is 0 Å². The first-order valence-electron chi connectivity index (χ1n) is 11.5. The number of hydrogen-bond donors (Lipinski definition) is 1. The van der Waals surface area contributed by atoms with Crippen LogP contribution in [0, 0.1) is 5.92 Å². The van der Waals surface area contributed by atoms with Gasteiger partial charge in [0.15, 0.2) is 11.5 Å². The van der Waals surface area contributed by atoms with Crippen LogP contribution >= 0.6 is 0 Å².